The molecule has 0 saturated heterocycles. The second-order valence-electron chi connectivity index (χ2n) is 6.04. The molecule has 116 valence electrons. The van der Waals surface area contributed by atoms with Crippen LogP contribution in [0.25, 0.3) is 10.8 Å². The number of hydrogen-bond acceptors (Lipinski definition) is 1. The quantitative estimate of drug-likeness (QED) is 0.729. The highest BCUT2D eigenvalue weighted by molar-refractivity contribution is 5.90. The van der Waals surface area contributed by atoms with Crippen LogP contribution in [-0.2, 0) is 11.3 Å². The van der Waals surface area contributed by atoms with Gasteiger partial charge in [0.2, 0.25) is 6.54 Å². The number of rotatable bonds is 4. The van der Waals surface area contributed by atoms with E-state index in [1.54, 1.807) is 0 Å². The number of nitrogens with zero attached hydrogens (tertiary/aromatic N) is 1. The SMILES string of the molecule is CC(C)c1ccccc1NC(=O)C[n+]1ccc2ccccc2c1. The van der Waals surface area contributed by atoms with Gasteiger partial charge < -0.3 is 5.32 Å². The first-order valence-corrected chi connectivity index (χ1v) is 7.90. The summed E-state index contributed by atoms with van der Waals surface area (Å²) in [6.45, 7) is 4.56. The molecule has 0 fully saturated rings. The molecule has 0 aliphatic rings. The molecule has 1 amide bonds. The van der Waals surface area contributed by atoms with Gasteiger partial charge >= 0.3 is 0 Å². The summed E-state index contributed by atoms with van der Waals surface area (Å²) in [7, 11) is 0. The van der Waals surface area contributed by atoms with Crippen LogP contribution in [0.2, 0.25) is 0 Å². The smallest absolute Gasteiger partial charge is 0.290 e. The fourth-order valence-corrected chi connectivity index (χ4v) is 2.75. The number of anilines is 1. The topological polar surface area (TPSA) is 33.0 Å². The number of fused-ring (bicyclic) bond motifs is 1. The number of aromatic nitrogens is 1. The van der Waals surface area contributed by atoms with Crippen LogP contribution in [0.5, 0.6) is 0 Å². The molecule has 1 N–H and O–H groups in total. The van der Waals surface area contributed by atoms with Gasteiger partial charge in [-0.15, -0.1) is 0 Å². The van der Waals surface area contributed by atoms with Crippen molar-refractivity contribution in [1.29, 1.82) is 0 Å². The number of para-hydroxylation sites is 1. The fourth-order valence-electron chi connectivity index (χ4n) is 2.75. The monoisotopic (exact) mass is 305 g/mol. The van der Waals surface area contributed by atoms with Gasteiger partial charge in [-0.3, -0.25) is 4.79 Å². The van der Waals surface area contributed by atoms with Crippen molar-refractivity contribution in [3.8, 4) is 0 Å². The Kier molecular flexibility index (Phi) is 4.38. The molecule has 0 aliphatic heterocycles. The number of benzene rings is 2. The van der Waals surface area contributed by atoms with Gasteiger partial charge in [0, 0.05) is 17.1 Å². The number of hydrogen-bond donors (Lipinski definition) is 1. The van der Waals surface area contributed by atoms with Crippen molar-refractivity contribution in [3.05, 3.63) is 72.6 Å². The lowest BCUT2D eigenvalue weighted by Gasteiger charge is -2.12. The van der Waals surface area contributed by atoms with Crippen molar-refractivity contribution in [2.75, 3.05) is 5.32 Å². The van der Waals surface area contributed by atoms with E-state index in [2.05, 4.69) is 37.4 Å². The van der Waals surface area contributed by atoms with E-state index in [4.69, 9.17) is 0 Å². The van der Waals surface area contributed by atoms with Crippen LogP contribution in [0.4, 0.5) is 5.69 Å². The van der Waals surface area contributed by atoms with Gasteiger partial charge in [0.15, 0.2) is 12.4 Å². The van der Waals surface area contributed by atoms with Crippen LogP contribution in [0.15, 0.2) is 67.0 Å². The Morgan fingerprint density at radius 1 is 1.00 bits per heavy atom. The maximum absolute atomic E-state index is 12.4. The minimum atomic E-state index is -0.0154. The molecule has 23 heavy (non-hydrogen) atoms. The Balaban J connectivity index is 1.76. The number of carbonyl (C=O) groups is 1. The van der Waals surface area contributed by atoms with Crippen molar-refractivity contribution >= 4 is 22.4 Å². The maximum atomic E-state index is 12.4. The first-order valence-electron chi connectivity index (χ1n) is 7.90. The van der Waals surface area contributed by atoms with Gasteiger partial charge in [0.1, 0.15) is 0 Å². The Hall–Kier alpha value is -2.68. The van der Waals surface area contributed by atoms with Crippen LogP contribution >= 0.6 is 0 Å². The van der Waals surface area contributed by atoms with E-state index in [0.29, 0.717) is 12.5 Å². The van der Waals surface area contributed by atoms with Gasteiger partial charge in [-0.25, -0.2) is 0 Å². The molecule has 3 nitrogen and oxygen atoms in total. The van der Waals surface area contributed by atoms with E-state index in [1.165, 1.54) is 5.39 Å². The Morgan fingerprint density at radius 3 is 2.48 bits per heavy atom. The second-order valence-corrected chi connectivity index (χ2v) is 6.04. The summed E-state index contributed by atoms with van der Waals surface area (Å²) in [5.41, 5.74) is 2.05. The lowest BCUT2D eigenvalue weighted by atomic mass is 10.0. The maximum Gasteiger partial charge on any atom is 0.290 e. The van der Waals surface area contributed by atoms with Gasteiger partial charge in [0.25, 0.3) is 5.91 Å². The molecular weight excluding hydrogens is 284 g/mol. The van der Waals surface area contributed by atoms with Gasteiger partial charge in [-0.05, 0) is 29.0 Å². The summed E-state index contributed by atoms with van der Waals surface area (Å²) < 4.78 is 1.91. The summed E-state index contributed by atoms with van der Waals surface area (Å²) >= 11 is 0. The fraction of sp³-hybridized carbons (Fsp3) is 0.200. The molecule has 0 saturated carbocycles. The third kappa shape index (κ3) is 3.57. The van der Waals surface area contributed by atoms with E-state index in [1.807, 2.05) is 53.4 Å². The minimum Gasteiger partial charge on any atom is -0.320 e. The minimum absolute atomic E-state index is 0.0154. The third-order valence-electron chi connectivity index (χ3n) is 3.93. The summed E-state index contributed by atoms with van der Waals surface area (Å²) in [5, 5.41) is 5.33. The van der Waals surface area contributed by atoms with E-state index < -0.39 is 0 Å². The Labute approximate surface area is 136 Å². The predicted octanol–water partition coefficient (Wildman–Crippen LogP) is 3.89. The molecule has 0 unspecified atom stereocenters. The zero-order valence-electron chi connectivity index (χ0n) is 13.5. The van der Waals surface area contributed by atoms with Crippen molar-refractivity contribution in [3.63, 3.8) is 0 Å². The van der Waals surface area contributed by atoms with Crippen molar-refractivity contribution in [2.45, 2.75) is 26.3 Å². The van der Waals surface area contributed by atoms with Crippen LogP contribution in [-0.4, -0.2) is 5.91 Å². The Morgan fingerprint density at radius 2 is 1.70 bits per heavy atom. The molecule has 0 radical (unpaired) electrons. The molecule has 0 spiro atoms. The third-order valence-corrected chi connectivity index (χ3v) is 3.93. The zero-order chi connectivity index (χ0) is 16.2. The Bertz CT molecular complexity index is 840. The number of nitrogens with one attached hydrogen (secondary N) is 1. The van der Waals surface area contributed by atoms with Crippen LogP contribution in [0, 0.1) is 0 Å². The van der Waals surface area contributed by atoms with Gasteiger partial charge in [-0.1, -0.05) is 50.2 Å². The molecule has 0 aliphatic carbocycles. The lowest BCUT2D eigenvalue weighted by Crippen LogP contribution is -2.39. The summed E-state index contributed by atoms with van der Waals surface area (Å²) in [6.07, 6.45) is 3.94. The normalized spacial score (nSPS) is 10.9. The number of amides is 1. The van der Waals surface area contributed by atoms with Crippen molar-refractivity contribution in [1.82, 2.24) is 0 Å². The highest BCUT2D eigenvalue weighted by Crippen LogP contribution is 2.23. The highest BCUT2D eigenvalue weighted by atomic mass is 16.1. The highest BCUT2D eigenvalue weighted by Gasteiger charge is 2.13. The predicted molar refractivity (Wildman–Crippen MR) is 93.3 cm³/mol. The summed E-state index contributed by atoms with van der Waals surface area (Å²) in [4.78, 5) is 12.4. The van der Waals surface area contributed by atoms with Crippen molar-refractivity contribution < 1.29 is 9.36 Å². The van der Waals surface area contributed by atoms with E-state index >= 15 is 0 Å². The first-order chi connectivity index (χ1) is 11.1. The van der Waals surface area contributed by atoms with Gasteiger partial charge in [0.05, 0.1) is 0 Å². The zero-order valence-corrected chi connectivity index (χ0v) is 13.5. The number of carbonyl (C=O) groups excluding carboxylic acids is 1. The van der Waals surface area contributed by atoms with Crippen LogP contribution < -0.4 is 9.88 Å². The first kappa shape index (κ1) is 15.2. The molecule has 0 bridgehead atoms. The molecular formula is C20H21N2O+. The van der Waals surface area contributed by atoms with Crippen LogP contribution in [0.1, 0.15) is 25.3 Å². The van der Waals surface area contributed by atoms with E-state index in [9.17, 15) is 4.79 Å². The van der Waals surface area contributed by atoms with E-state index in [0.717, 1.165) is 16.6 Å². The lowest BCUT2D eigenvalue weighted by molar-refractivity contribution is -0.682. The molecule has 1 heterocycles. The second kappa shape index (κ2) is 6.61. The number of pyridine rings is 1. The average molecular weight is 305 g/mol. The summed E-state index contributed by atoms with van der Waals surface area (Å²) in [6, 6.07) is 18.1. The molecule has 0 atom stereocenters. The van der Waals surface area contributed by atoms with E-state index in [-0.39, 0.29) is 5.91 Å². The molecule has 3 heteroatoms. The van der Waals surface area contributed by atoms with Crippen molar-refractivity contribution in [2.24, 2.45) is 0 Å². The molecule has 2 aromatic carbocycles. The average Bonchev–Trinajstić information content (AvgIpc) is 2.55. The standard InChI is InChI=1S/C20H20N2O/c1-15(2)18-9-5-6-10-19(18)21-20(23)14-22-12-11-16-7-3-4-8-17(16)13-22/h3-13,15H,14H2,1-2H3/p+1. The molecule has 3 aromatic rings. The van der Waals surface area contributed by atoms with Crippen LogP contribution in [0.3, 0.4) is 0 Å². The molecule has 3 rings (SSSR count). The molecule has 1 aromatic heterocycles. The largest absolute Gasteiger partial charge is 0.320 e. The summed E-state index contributed by atoms with van der Waals surface area (Å²) in [5.74, 6) is 0.359. The van der Waals surface area contributed by atoms with Gasteiger partial charge in [-0.2, -0.15) is 4.57 Å².